The van der Waals surface area contributed by atoms with Crippen molar-refractivity contribution in [2.45, 2.75) is 19.9 Å². The Kier molecular flexibility index (Phi) is 4.06. The van der Waals surface area contributed by atoms with E-state index >= 15 is 0 Å². The fourth-order valence-corrected chi connectivity index (χ4v) is 3.64. The van der Waals surface area contributed by atoms with Crippen molar-refractivity contribution in [3.8, 4) is 22.6 Å². The lowest BCUT2D eigenvalue weighted by Crippen LogP contribution is -2.23. The standard InChI is InChI=1S/C21H22N2O2/c1-13-11-23-18-10-20(25-3)19(24-2)9-17(18)21(13)15-5-4-14-6-7-22-12-16(14)8-15/h4-5,8-11,22H,6-7,12H2,1-3H3. The fourth-order valence-electron chi connectivity index (χ4n) is 3.64. The van der Waals surface area contributed by atoms with E-state index in [9.17, 15) is 0 Å². The maximum absolute atomic E-state index is 5.50. The van der Waals surface area contributed by atoms with Gasteiger partial charge in [-0.2, -0.15) is 0 Å². The molecule has 0 saturated carbocycles. The summed E-state index contributed by atoms with van der Waals surface area (Å²) in [6.07, 6.45) is 3.03. The van der Waals surface area contributed by atoms with Gasteiger partial charge in [-0.05, 0) is 59.8 Å². The highest BCUT2D eigenvalue weighted by molar-refractivity contribution is 5.97. The quantitative estimate of drug-likeness (QED) is 0.789. The van der Waals surface area contributed by atoms with E-state index in [2.05, 4.69) is 35.4 Å². The van der Waals surface area contributed by atoms with E-state index in [1.807, 2.05) is 18.3 Å². The van der Waals surface area contributed by atoms with E-state index in [1.165, 1.54) is 22.3 Å². The number of benzene rings is 2. The number of fused-ring (bicyclic) bond motifs is 2. The molecular formula is C21H22N2O2. The molecule has 4 nitrogen and oxygen atoms in total. The Hall–Kier alpha value is -2.59. The van der Waals surface area contributed by atoms with Gasteiger partial charge in [0.05, 0.1) is 19.7 Å². The van der Waals surface area contributed by atoms with E-state index in [4.69, 9.17) is 9.47 Å². The molecule has 1 N–H and O–H groups in total. The van der Waals surface area contributed by atoms with Crippen LogP contribution in [0.4, 0.5) is 0 Å². The second kappa shape index (κ2) is 6.37. The number of nitrogens with zero attached hydrogens (tertiary/aromatic N) is 1. The third-order valence-electron chi connectivity index (χ3n) is 4.94. The third-order valence-corrected chi connectivity index (χ3v) is 4.94. The molecule has 0 spiro atoms. The summed E-state index contributed by atoms with van der Waals surface area (Å²) in [7, 11) is 3.31. The number of hydrogen-bond donors (Lipinski definition) is 1. The minimum atomic E-state index is 0.701. The topological polar surface area (TPSA) is 43.4 Å². The lowest BCUT2D eigenvalue weighted by atomic mass is 9.92. The zero-order chi connectivity index (χ0) is 17.4. The molecule has 1 aliphatic heterocycles. The monoisotopic (exact) mass is 334 g/mol. The molecule has 0 bridgehead atoms. The number of aromatic nitrogens is 1. The van der Waals surface area contributed by atoms with Gasteiger partial charge < -0.3 is 14.8 Å². The Morgan fingerprint density at radius 1 is 1.00 bits per heavy atom. The molecule has 1 aromatic heterocycles. The number of pyridine rings is 1. The van der Waals surface area contributed by atoms with Crippen molar-refractivity contribution in [3.63, 3.8) is 0 Å². The normalized spacial score (nSPS) is 13.6. The average Bonchev–Trinajstić information content (AvgIpc) is 2.66. The van der Waals surface area contributed by atoms with Crippen LogP contribution >= 0.6 is 0 Å². The van der Waals surface area contributed by atoms with E-state index in [-0.39, 0.29) is 0 Å². The summed E-state index contributed by atoms with van der Waals surface area (Å²) in [5.41, 5.74) is 7.32. The number of methoxy groups -OCH3 is 2. The van der Waals surface area contributed by atoms with Crippen LogP contribution in [0.5, 0.6) is 11.5 Å². The van der Waals surface area contributed by atoms with Crippen molar-refractivity contribution < 1.29 is 9.47 Å². The van der Waals surface area contributed by atoms with Crippen LogP contribution in [-0.4, -0.2) is 25.7 Å². The molecule has 4 heteroatoms. The van der Waals surface area contributed by atoms with E-state index < -0.39 is 0 Å². The molecule has 2 heterocycles. The van der Waals surface area contributed by atoms with Gasteiger partial charge in [0.1, 0.15) is 0 Å². The fraction of sp³-hybridized carbons (Fsp3) is 0.286. The van der Waals surface area contributed by atoms with E-state index in [0.29, 0.717) is 5.75 Å². The number of ether oxygens (including phenoxy) is 2. The summed E-state index contributed by atoms with van der Waals surface area (Å²) >= 11 is 0. The van der Waals surface area contributed by atoms with Gasteiger partial charge in [0, 0.05) is 24.2 Å². The highest BCUT2D eigenvalue weighted by Crippen LogP contribution is 2.38. The second-order valence-electron chi connectivity index (χ2n) is 6.45. The van der Waals surface area contributed by atoms with Gasteiger partial charge in [-0.15, -0.1) is 0 Å². The van der Waals surface area contributed by atoms with Crippen LogP contribution in [0.2, 0.25) is 0 Å². The molecule has 2 aromatic carbocycles. The van der Waals surface area contributed by atoms with Gasteiger partial charge in [0.15, 0.2) is 11.5 Å². The number of nitrogens with one attached hydrogen (secondary N) is 1. The highest BCUT2D eigenvalue weighted by Gasteiger charge is 2.15. The minimum Gasteiger partial charge on any atom is -0.493 e. The zero-order valence-electron chi connectivity index (χ0n) is 14.8. The zero-order valence-corrected chi connectivity index (χ0v) is 14.8. The Bertz CT molecular complexity index is 950. The summed E-state index contributed by atoms with van der Waals surface area (Å²) in [6, 6.07) is 10.8. The lowest BCUT2D eigenvalue weighted by Gasteiger charge is -2.19. The first-order valence-corrected chi connectivity index (χ1v) is 8.55. The molecule has 0 radical (unpaired) electrons. The third kappa shape index (κ3) is 2.72. The number of hydrogen-bond acceptors (Lipinski definition) is 4. The molecule has 0 saturated heterocycles. The predicted octanol–water partition coefficient (Wildman–Crippen LogP) is 3.87. The molecule has 0 amide bonds. The van der Waals surface area contributed by atoms with Crippen LogP contribution in [0.3, 0.4) is 0 Å². The van der Waals surface area contributed by atoms with Crippen LogP contribution in [0.25, 0.3) is 22.0 Å². The molecule has 128 valence electrons. The summed E-state index contributed by atoms with van der Waals surface area (Å²) in [5.74, 6) is 1.43. The first-order chi connectivity index (χ1) is 12.2. The molecule has 0 unspecified atom stereocenters. The van der Waals surface area contributed by atoms with Crippen molar-refractivity contribution in [1.29, 1.82) is 0 Å². The van der Waals surface area contributed by atoms with Gasteiger partial charge in [-0.3, -0.25) is 4.98 Å². The Morgan fingerprint density at radius 2 is 1.80 bits per heavy atom. The Labute approximate surface area is 147 Å². The second-order valence-corrected chi connectivity index (χ2v) is 6.45. The van der Waals surface area contributed by atoms with Crippen molar-refractivity contribution in [2.24, 2.45) is 0 Å². The van der Waals surface area contributed by atoms with Gasteiger partial charge in [-0.25, -0.2) is 0 Å². The van der Waals surface area contributed by atoms with Gasteiger partial charge >= 0.3 is 0 Å². The lowest BCUT2D eigenvalue weighted by molar-refractivity contribution is 0.356. The molecule has 25 heavy (non-hydrogen) atoms. The number of aryl methyl sites for hydroxylation is 1. The molecular weight excluding hydrogens is 312 g/mol. The van der Waals surface area contributed by atoms with Crippen molar-refractivity contribution in [2.75, 3.05) is 20.8 Å². The van der Waals surface area contributed by atoms with Crippen LogP contribution in [-0.2, 0) is 13.0 Å². The summed E-state index contributed by atoms with van der Waals surface area (Å²) in [5, 5.41) is 4.54. The minimum absolute atomic E-state index is 0.701. The van der Waals surface area contributed by atoms with Crippen molar-refractivity contribution in [1.82, 2.24) is 10.3 Å². The SMILES string of the molecule is COc1cc2ncc(C)c(-c3ccc4c(c3)CNCC4)c2cc1OC. The largest absolute Gasteiger partial charge is 0.493 e. The van der Waals surface area contributed by atoms with Crippen LogP contribution in [0.15, 0.2) is 36.5 Å². The maximum atomic E-state index is 5.50. The molecule has 0 fully saturated rings. The Balaban J connectivity index is 1.95. The maximum Gasteiger partial charge on any atom is 0.162 e. The van der Waals surface area contributed by atoms with Gasteiger partial charge in [-0.1, -0.05) is 12.1 Å². The summed E-state index contributed by atoms with van der Waals surface area (Å²) in [4.78, 5) is 4.59. The van der Waals surface area contributed by atoms with Crippen molar-refractivity contribution in [3.05, 3.63) is 53.2 Å². The first-order valence-electron chi connectivity index (χ1n) is 8.55. The van der Waals surface area contributed by atoms with Crippen molar-refractivity contribution >= 4 is 10.9 Å². The van der Waals surface area contributed by atoms with Gasteiger partial charge in [0.25, 0.3) is 0 Å². The molecule has 0 aliphatic carbocycles. The molecule has 0 atom stereocenters. The molecule has 1 aliphatic rings. The van der Waals surface area contributed by atoms with Crippen LogP contribution in [0.1, 0.15) is 16.7 Å². The average molecular weight is 334 g/mol. The number of rotatable bonds is 3. The van der Waals surface area contributed by atoms with Gasteiger partial charge in [0.2, 0.25) is 0 Å². The highest BCUT2D eigenvalue weighted by atomic mass is 16.5. The van der Waals surface area contributed by atoms with E-state index in [1.54, 1.807) is 14.2 Å². The van der Waals surface area contributed by atoms with Crippen LogP contribution in [0, 0.1) is 6.92 Å². The summed E-state index contributed by atoms with van der Waals surface area (Å²) in [6.45, 7) is 4.10. The van der Waals surface area contributed by atoms with Crippen LogP contribution < -0.4 is 14.8 Å². The smallest absolute Gasteiger partial charge is 0.162 e. The summed E-state index contributed by atoms with van der Waals surface area (Å²) < 4.78 is 10.9. The molecule has 3 aromatic rings. The molecule has 4 rings (SSSR count). The first kappa shape index (κ1) is 15.9. The Morgan fingerprint density at radius 3 is 2.60 bits per heavy atom. The van der Waals surface area contributed by atoms with E-state index in [0.717, 1.165) is 41.7 Å². The predicted molar refractivity (Wildman–Crippen MR) is 100 cm³/mol.